The summed E-state index contributed by atoms with van der Waals surface area (Å²) in [5.41, 5.74) is 1.15. The lowest BCUT2D eigenvalue weighted by atomic mass is 10.2. The Morgan fingerprint density at radius 1 is 1.50 bits per heavy atom. The van der Waals surface area contributed by atoms with E-state index in [0.717, 1.165) is 17.1 Å². The van der Waals surface area contributed by atoms with Crippen LogP contribution >= 0.6 is 11.6 Å². The van der Waals surface area contributed by atoms with Crippen molar-refractivity contribution in [3.8, 4) is 0 Å². The Morgan fingerprint density at radius 3 is 2.94 bits per heavy atom. The highest BCUT2D eigenvalue weighted by molar-refractivity contribution is 6.30. The summed E-state index contributed by atoms with van der Waals surface area (Å²) in [5, 5.41) is 0.739. The normalized spacial score (nSPS) is 11.1. The zero-order chi connectivity index (χ0) is 13.4. The fourth-order valence-electron chi connectivity index (χ4n) is 1.53. The molecule has 0 saturated carbocycles. The fourth-order valence-corrected chi connectivity index (χ4v) is 1.74. The largest absolute Gasteiger partial charge is 0.463 e. The molecule has 18 heavy (non-hydrogen) atoms. The molecule has 0 aliphatic carbocycles. The average molecular weight is 268 g/mol. The predicted octanol–water partition coefficient (Wildman–Crippen LogP) is 2.89. The first-order chi connectivity index (χ1) is 8.61. The van der Waals surface area contributed by atoms with E-state index in [1.54, 1.807) is 13.0 Å². The average Bonchev–Trinajstić information content (AvgIpc) is 2.29. The molecule has 3 nitrogen and oxygen atoms in total. The molecule has 98 valence electrons. The lowest BCUT2D eigenvalue weighted by Crippen LogP contribution is -2.17. The summed E-state index contributed by atoms with van der Waals surface area (Å²) in [6, 6.07) is 7.75. The minimum Gasteiger partial charge on any atom is -0.463 e. The van der Waals surface area contributed by atoms with Crippen molar-refractivity contribution in [3.05, 3.63) is 47.0 Å². The van der Waals surface area contributed by atoms with Crippen LogP contribution in [0.3, 0.4) is 0 Å². The van der Waals surface area contributed by atoms with Crippen LogP contribution in [0.4, 0.5) is 0 Å². The van der Waals surface area contributed by atoms with Crippen LogP contribution in [0.2, 0.25) is 5.02 Å². The number of carbonyl (C=O) groups is 1. The van der Waals surface area contributed by atoms with Crippen LogP contribution < -0.4 is 0 Å². The monoisotopic (exact) mass is 267 g/mol. The number of likely N-dealkylation sites (N-methyl/N-ethyl adjacent to an activating group) is 1. The summed E-state index contributed by atoms with van der Waals surface area (Å²) >= 11 is 5.92. The van der Waals surface area contributed by atoms with Crippen LogP contribution in [-0.4, -0.2) is 31.1 Å². The highest BCUT2D eigenvalue weighted by Crippen LogP contribution is 2.11. The molecule has 4 heteroatoms. The van der Waals surface area contributed by atoms with Gasteiger partial charge in [0.05, 0.1) is 6.61 Å². The second kappa shape index (κ2) is 7.90. The molecule has 0 N–H and O–H groups in total. The molecule has 0 aromatic heterocycles. The van der Waals surface area contributed by atoms with Crippen molar-refractivity contribution in [2.24, 2.45) is 0 Å². The van der Waals surface area contributed by atoms with E-state index in [4.69, 9.17) is 16.3 Å². The maximum absolute atomic E-state index is 11.1. The number of hydrogen-bond acceptors (Lipinski definition) is 3. The second-order valence-electron chi connectivity index (χ2n) is 3.98. The predicted molar refractivity (Wildman–Crippen MR) is 73.6 cm³/mol. The van der Waals surface area contributed by atoms with Crippen LogP contribution in [0.25, 0.3) is 0 Å². The van der Waals surface area contributed by atoms with Crippen LogP contribution in [0, 0.1) is 0 Å². The number of nitrogens with zero attached hydrogens (tertiary/aromatic N) is 1. The van der Waals surface area contributed by atoms with Gasteiger partial charge in [0.25, 0.3) is 0 Å². The van der Waals surface area contributed by atoms with Crippen molar-refractivity contribution in [2.45, 2.75) is 13.5 Å². The third-order valence-corrected chi connectivity index (χ3v) is 2.53. The van der Waals surface area contributed by atoms with E-state index in [2.05, 4.69) is 4.90 Å². The number of esters is 1. The van der Waals surface area contributed by atoms with Gasteiger partial charge in [-0.1, -0.05) is 29.8 Å². The van der Waals surface area contributed by atoms with E-state index in [0.29, 0.717) is 13.2 Å². The molecule has 0 radical (unpaired) electrons. The Labute approximate surface area is 113 Å². The summed E-state index contributed by atoms with van der Waals surface area (Å²) in [5.74, 6) is -0.298. The van der Waals surface area contributed by atoms with Crippen molar-refractivity contribution in [3.63, 3.8) is 0 Å². The van der Waals surface area contributed by atoms with Gasteiger partial charge in [0.15, 0.2) is 0 Å². The first-order valence-electron chi connectivity index (χ1n) is 5.88. The number of benzene rings is 1. The maximum Gasteiger partial charge on any atom is 0.330 e. The quantitative estimate of drug-likeness (QED) is 0.586. The molecule has 0 aliphatic heterocycles. The van der Waals surface area contributed by atoms with Gasteiger partial charge in [-0.25, -0.2) is 4.79 Å². The lowest BCUT2D eigenvalue weighted by molar-refractivity contribution is -0.137. The summed E-state index contributed by atoms with van der Waals surface area (Å²) in [4.78, 5) is 13.2. The third kappa shape index (κ3) is 5.84. The van der Waals surface area contributed by atoms with E-state index in [9.17, 15) is 4.79 Å². The molecule has 0 unspecified atom stereocenters. The van der Waals surface area contributed by atoms with E-state index in [1.807, 2.05) is 31.3 Å². The van der Waals surface area contributed by atoms with Gasteiger partial charge in [-0.2, -0.15) is 0 Å². The highest BCUT2D eigenvalue weighted by Gasteiger charge is 2.00. The van der Waals surface area contributed by atoms with Crippen molar-refractivity contribution < 1.29 is 9.53 Å². The van der Waals surface area contributed by atoms with Gasteiger partial charge in [-0.15, -0.1) is 0 Å². The van der Waals surface area contributed by atoms with E-state index in [1.165, 1.54) is 6.08 Å². The van der Waals surface area contributed by atoms with Crippen molar-refractivity contribution >= 4 is 17.6 Å². The topological polar surface area (TPSA) is 29.5 Å². The third-order valence-electron chi connectivity index (χ3n) is 2.30. The molecule has 0 atom stereocenters. The molecule has 0 bridgehead atoms. The first-order valence-corrected chi connectivity index (χ1v) is 6.26. The fraction of sp³-hybridized carbons (Fsp3) is 0.357. The summed E-state index contributed by atoms with van der Waals surface area (Å²) in [6.45, 7) is 3.66. The molecule has 0 aliphatic rings. The summed E-state index contributed by atoms with van der Waals surface area (Å²) in [6.07, 6.45) is 3.25. The van der Waals surface area contributed by atoms with E-state index >= 15 is 0 Å². The van der Waals surface area contributed by atoms with Crippen molar-refractivity contribution in [1.82, 2.24) is 4.90 Å². The maximum atomic E-state index is 11.1. The minimum absolute atomic E-state index is 0.298. The Hall–Kier alpha value is -1.32. The highest BCUT2D eigenvalue weighted by atomic mass is 35.5. The Kier molecular flexibility index (Phi) is 6.47. The number of halogens is 1. The van der Waals surface area contributed by atoms with E-state index in [-0.39, 0.29) is 5.97 Å². The summed E-state index contributed by atoms with van der Waals surface area (Å²) < 4.78 is 4.80. The molecule has 1 aromatic rings. The molecule has 0 saturated heterocycles. The van der Waals surface area contributed by atoms with Crippen LogP contribution in [0.1, 0.15) is 12.5 Å². The van der Waals surface area contributed by atoms with Gasteiger partial charge in [-0.3, -0.25) is 4.90 Å². The van der Waals surface area contributed by atoms with Gasteiger partial charge in [-0.05, 0) is 31.7 Å². The number of rotatable bonds is 6. The standard InChI is InChI=1S/C14H18ClNO2/c1-3-18-14(17)8-5-9-16(2)11-12-6-4-7-13(15)10-12/h4-8,10H,3,9,11H2,1-2H3/b8-5+. The number of hydrogen-bond donors (Lipinski definition) is 0. The molecular weight excluding hydrogens is 250 g/mol. The van der Waals surface area contributed by atoms with Crippen molar-refractivity contribution in [1.29, 1.82) is 0 Å². The molecule has 0 spiro atoms. The molecular formula is C14H18ClNO2. The number of ether oxygens (including phenoxy) is 1. The zero-order valence-electron chi connectivity index (χ0n) is 10.7. The van der Waals surface area contributed by atoms with Crippen LogP contribution in [0.5, 0.6) is 0 Å². The van der Waals surface area contributed by atoms with Crippen LogP contribution in [-0.2, 0) is 16.1 Å². The SMILES string of the molecule is CCOC(=O)/C=C/CN(C)Cc1cccc(Cl)c1. The Bertz CT molecular complexity index is 418. The van der Waals surface area contributed by atoms with Gasteiger partial charge in [0.2, 0.25) is 0 Å². The van der Waals surface area contributed by atoms with Gasteiger partial charge in [0, 0.05) is 24.2 Å². The first kappa shape index (κ1) is 14.7. The molecule has 0 heterocycles. The minimum atomic E-state index is -0.298. The molecule has 0 fully saturated rings. The Morgan fingerprint density at radius 2 is 2.28 bits per heavy atom. The van der Waals surface area contributed by atoms with Gasteiger partial charge in [0.1, 0.15) is 0 Å². The number of carbonyl (C=O) groups excluding carboxylic acids is 1. The summed E-state index contributed by atoms with van der Waals surface area (Å²) in [7, 11) is 1.98. The molecule has 0 amide bonds. The smallest absolute Gasteiger partial charge is 0.330 e. The van der Waals surface area contributed by atoms with Gasteiger partial charge >= 0.3 is 5.97 Å². The van der Waals surface area contributed by atoms with Gasteiger partial charge < -0.3 is 4.74 Å². The molecule has 1 aromatic carbocycles. The second-order valence-corrected chi connectivity index (χ2v) is 4.42. The molecule has 1 rings (SSSR count). The lowest BCUT2D eigenvalue weighted by Gasteiger charge is -2.14. The van der Waals surface area contributed by atoms with E-state index < -0.39 is 0 Å². The van der Waals surface area contributed by atoms with Crippen molar-refractivity contribution in [2.75, 3.05) is 20.2 Å². The zero-order valence-corrected chi connectivity index (χ0v) is 11.5. The Balaban J connectivity index is 2.38. The van der Waals surface area contributed by atoms with Crippen LogP contribution in [0.15, 0.2) is 36.4 Å².